The monoisotopic (exact) mass is 367 g/mol. The minimum Gasteiger partial charge on any atom is -0.494 e. The Kier molecular flexibility index (Phi) is 7.44. The van der Waals surface area contributed by atoms with Gasteiger partial charge in [-0.05, 0) is 73.7 Å². The zero-order chi connectivity index (χ0) is 18.9. The fourth-order valence-electron chi connectivity index (χ4n) is 3.87. The van der Waals surface area contributed by atoms with Crippen LogP contribution in [0.2, 0.25) is 0 Å². The Bertz CT molecular complexity index is 670. The van der Waals surface area contributed by atoms with Gasteiger partial charge in [0.05, 0.1) is 6.61 Å². The van der Waals surface area contributed by atoms with Crippen LogP contribution in [0.15, 0.2) is 42.5 Å². The molecular weight excluding hydrogens is 334 g/mol. The van der Waals surface area contributed by atoms with Crippen LogP contribution in [0.3, 0.4) is 0 Å². The van der Waals surface area contributed by atoms with Gasteiger partial charge in [0, 0.05) is 12.2 Å². The van der Waals surface area contributed by atoms with Crippen LogP contribution in [-0.2, 0) is 0 Å². The molecule has 0 aromatic heterocycles. The molecule has 1 aliphatic rings. The summed E-state index contributed by atoms with van der Waals surface area (Å²) < 4.78 is 11.8. The average Bonchev–Trinajstić information content (AvgIpc) is 2.66. The average molecular weight is 368 g/mol. The lowest BCUT2D eigenvalue weighted by molar-refractivity contribution is 0.246. The highest BCUT2D eigenvalue weighted by Crippen LogP contribution is 2.26. The van der Waals surface area contributed by atoms with Crippen molar-refractivity contribution in [3.05, 3.63) is 53.6 Å². The van der Waals surface area contributed by atoms with E-state index in [1.807, 2.05) is 12.1 Å². The van der Waals surface area contributed by atoms with E-state index in [4.69, 9.17) is 9.47 Å². The number of nitrogens with one attached hydrogen (secondary N) is 1. The van der Waals surface area contributed by atoms with Gasteiger partial charge in [0.2, 0.25) is 0 Å². The van der Waals surface area contributed by atoms with E-state index in [0.29, 0.717) is 6.61 Å². The third-order valence-corrected chi connectivity index (χ3v) is 5.27. The summed E-state index contributed by atoms with van der Waals surface area (Å²) >= 11 is 0. The summed E-state index contributed by atoms with van der Waals surface area (Å²) in [6.45, 7) is 6.44. The predicted molar refractivity (Wildman–Crippen MR) is 113 cm³/mol. The number of hydrogen-bond acceptors (Lipinski definition) is 3. The van der Waals surface area contributed by atoms with Gasteiger partial charge in [-0.25, -0.2) is 0 Å². The molecule has 0 amide bonds. The standard InChI is InChI=1S/C24H33NO2/c1-19-16-20(2)18-24(17-19)27-15-13-25-22-8-10-23(11-9-22)26-14-12-21-6-4-3-5-7-21/h8-11,16-18,21,25H,3-7,12-15H2,1-2H3. The molecule has 1 aliphatic carbocycles. The molecule has 146 valence electrons. The number of anilines is 1. The highest BCUT2D eigenvalue weighted by Gasteiger charge is 2.13. The SMILES string of the molecule is Cc1cc(C)cc(OCCNc2ccc(OCCC3CCCCC3)cc2)c1. The minimum absolute atomic E-state index is 0.641. The second kappa shape index (κ2) is 10.2. The first-order chi connectivity index (χ1) is 13.2. The molecule has 1 N–H and O–H groups in total. The Morgan fingerprint density at radius 2 is 1.48 bits per heavy atom. The molecule has 3 rings (SSSR count). The van der Waals surface area contributed by atoms with Crippen molar-refractivity contribution in [2.45, 2.75) is 52.4 Å². The summed E-state index contributed by atoms with van der Waals surface area (Å²) in [5, 5.41) is 3.40. The molecule has 0 spiro atoms. The first-order valence-corrected chi connectivity index (χ1v) is 10.4. The lowest BCUT2D eigenvalue weighted by Gasteiger charge is -2.21. The summed E-state index contributed by atoms with van der Waals surface area (Å²) in [6.07, 6.45) is 8.18. The third-order valence-electron chi connectivity index (χ3n) is 5.27. The normalized spacial score (nSPS) is 14.7. The first kappa shape index (κ1) is 19.6. The molecule has 0 bridgehead atoms. The van der Waals surface area contributed by atoms with Gasteiger partial charge in [0.25, 0.3) is 0 Å². The molecular formula is C24H33NO2. The van der Waals surface area contributed by atoms with Gasteiger partial charge in [0.1, 0.15) is 18.1 Å². The van der Waals surface area contributed by atoms with Crippen molar-refractivity contribution in [1.29, 1.82) is 0 Å². The highest BCUT2D eigenvalue weighted by molar-refractivity contribution is 5.46. The van der Waals surface area contributed by atoms with Crippen LogP contribution < -0.4 is 14.8 Å². The van der Waals surface area contributed by atoms with E-state index >= 15 is 0 Å². The smallest absolute Gasteiger partial charge is 0.119 e. The Hall–Kier alpha value is -2.16. The Morgan fingerprint density at radius 1 is 0.815 bits per heavy atom. The van der Waals surface area contributed by atoms with Gasteiger partial charge in [-0.15, -0.1) is 0 Å². The number of rotatable bonds is 9. The van der Waals surface area contributed by atoms with E-state index in [-0.39, 0.29) is 0 Å². The molecule has 0 aliphatic heterocycles. The maximum Gasteiger partial charge on any atom is 0.119 e. The quantitative estimate of drug-likeness (QED) is 0.540. The molecule has 0 saturated heterocycles. The lowest BCUT2D eigenvalue weighted by Crippen LogP contribution is -2.12. The fraction of sp³-hybridized carbons (Fsp3) is 0.500. The molecule has 0 atom stereocenters. The van der Waals surface area contributed by atoms with Crippen LogP contribution in [0, 0.1) is 19.8 Å². The lowest BCUT2D eigenvalue weighted by atomic mass is 9.87. The van der Waals surface area contributed by atoms with Gasteiger partial charge in [-0.3, -0.25) is 0 Å². The van der Waals surface area contributed by atoms with E-state index in [0.717, 1.165) is 36.3 Å². The molecule has 1 fully saturated rings. The molecule has 2 aromatic rings. The largest absolute Gasteiger partial charge is 0.494 e. The van der Waals surface area contributed by atoms with Gasteiger partial charge < -0.3 is 14.8 Å². The van der Waals surface area contributed by atoms with Gasteiger partial charge in [-0.2, -0.15) is 0 Å². The molecule has 3 heteroatoms. The van der Waals surface area contributed by atoms with E-state index in [2.05, 4.69) is 49.5 Å². The van der Waals surface area contributed by atoms with Crippen LogP contribution in [0.4, 0.5) is 5.69 Å². The third kappa shape index (κ3) is 6.82. The van der Waals surface area contributed by atoms with Gasteiger partial charge in [-0.1, -0.05) is 38.2 Å². The van der Waals surface area contributed by atoms with Crippen molar-refractivity contribution in [3.63, 3.8) is 0 Å². The van der Waals surface area contributed by atoms with Crippen LogP contribution >= 0.6 is 0 Å². The van der Waals surface area contributed by atoms with Crippen LogP contribution in [0.1, 0.15) is 49.7 Å². The molecule has 0 unspecified atom stereocenters. The van der Waals surface area contributed by atoms with Crippen LogP contribution in [0.5, 0.6) is 11.5 Å². The van der Waals surface area contributed by atoms with E-state index in [1.54, 1.807) is 0 Å². The summed E-state index contributed by atoms with van der Waals surface area (Å²) in [5.74, 6) is 2.77. The van der Waals surface area contributed by atoms with E-state index < -0.39 is 0 Å². The zero-order valence-corrected chi connectivity index (χ0v) is 16.8. The summed E-state index contributed by atoms with van der Waals surface area (Å²) in [5.41, 5.74) is 3.56. The minimum atomic E-state index is 0.641. The summed E-state index contributed by atoms with van der Waals surface area (Å²) in [7, 11) is 0. The van der Waals surface area contributed by atoms with E-state index in [9.17, 15) is 0 Å². The molecule has 3 nitrogen and oxygen atoms in total. The topological polar surface area (TPSA) is 30.5 Å². The number of hydrogen-bond donors (Lipinski definition) is 1. The second-order valence-corrected chi connectivity index (χ2v) is 7.76. The van der Waals surface area contributed by atoms with Crippen molar-refractivity contribution >= 4 is 5.69 Å². The molecule has 27 heavy (non-hydrogen) atoms. The van der Waals surface area contributed by atoms with Crippen molar-refractivity contribution in [3.8, 4) is 11.5 Å². The highest BCUT2D eigenvalue weighted by atomic mass is 16.5. The number of aryl methyl sites for hydroxylation is 2. The summed E-state index contributed by atoms with van der Waals surface area (Å²) in [6, 6.07) is 14.6. The van der Waals surface area contributed by atoms with Crippen LogP contribution in [0.25, 0.3) is 0 Å². The van der Waals surface area contributed by atoms with Crippen molar-refractivity contribution in [2.75, 3.05) is 25.1 Å². The Labute approximate surface area is 164 Å². The summed E-state index contributed by atoms with van der Waals surface area (Å²) in [4.78, 5) is 0. The molecule has 0 radical (unpaired) electrons. The predicted octanol–water partition coefficient (Wildman–Crippen LogP) is 6.14. The zero-order valence-electron chi connectivity index (χ0n) is 16.8. The number of ether oxygens (including phenoxy) is 2. The molecule has 0 heterocycles. The van der Waals surface area contributed by atoms with E-state index in [1.165, 1.54) is 49.7 Å². The Morgan fingerprint density at radius 3 is 2.19 bits per heavy atom. The molecule has 1 saturated carbocycles. The van der Waals surface area contributed by atoms with Crippen molar-refractivity contribution in [2.24, 2.45) is 5.92 Å². The molecule has 2 aromatic carbocycles. The maximum atomic E-state index is 5.92. The van der Waals surface area contributed by atoms with Crippen molar-refractivity contribution < 1.29 is 9.47 Å². The Balaban J connectivity index is 1.33. The number of benzene rings is 2. The van der Waals surface area contributed by atoms with Gasteiger partial charge in [0.15, 0.2) is 0 Å². The first-order valence-electron chi connectivity index (χ1n) is 10.4. The second-order valence-electron chi connectivity index (χ2n) is 7.76. The maximum absolute atomic E-state index is 5.92. The fourth-order valence-corrected chi connectivity index (χ4v) is 3.87. The van der Waals surface area contributed by atoms with Gasteiger partial charge >= 0.3 is 0 Å². The van der Waals surface area contributed by atoms with Crippen molar-refractivity contribution in [1.82, 2.24) is 0 Å². The van der Waals surface area contributed by atoms with Crippen LogP contribution in [-0.4, -0.2) is 19.8 Å².